The number of benzene rings is 2. The summed E-state index contributed by atoms with van der Waals surface area (Å²) in [5.74, 6) is -0.165. The SMILES string of the molecule is COc1cc(C=CC(=O)O)cc(Cl)c1OCCOc1ccc(F)cc1. The van der Waals surface area contributed by atoms with E-state index in [4.69, 9.17) is 30.9 Å². The molecule has 0 fully saturated rings. The van der Waals surface area contributed by atoms with E-state index in [-0.39, 0.29) is 24.1 Å². The van der Waals surface area contributed by atoms with Crippen LogP contribution >= 0.6 is 11.6 Å². The molecular formula is C18H16ClFO5. The minimum absolute atomic E-state index is 0.192. The van der Waals surface area contributed by atoms with Crippen LogP contribution in [0.25, 0.3) is 6.08 Å². The largest absolute Gasteiger partial charge is 0.493 e. The number of rotatable bonds is 8. The van der Waals surface area contributed by atoms with Crippen LogP contribution < -0.4 is 14.2 Å². The van der Waals surface area contributed by atoms with Crippen molar-refractivity contribution in [2.45, 2.75) is 0 Å². The van der Waals surface area contributed by atoms with E-state index in [1.54, 1.807) is 12.1 Å². The zero-order valence-electron chi connectivity index (χ0n) is 13.4. The highest BCUT2D eigenvalue weighted by atomic mass is 35.5. The Morgan fingerprint density at radius 1 is 1.20 bits per heavy atom. The lowest BCUT2D eigenvalue weighted by Crippen LogP contribution is -2.10. The average Bonchev–Trinajstić information content (AvgIpc) is 2.59. The van der Waals surface area contributed by atoms with Crippen LogP contribution in [-0.4, -0.2) is 31.4 Å². The average molecular weight is 367 g/mol. The van der Waals surface area contributed by atoms with Gasteiger partial charge in [0.1, 0.15) is 24.8 Å². The van der Waals surface area contributed by atoms with Crippen molar-refractivity contribution in [3.05, 3.63) is 58.9 Å². The Labute approximate surface area is 149 Å². The van der Waals surface area contributed by atoms with Gasteiger partial charge in [0.2, 0.25) is 0 Å². The van der Waals surface area contributed by atoms with Gasteiger partial charge in [0, 0.05) is 6.08 Å². The van der Waals surface area contributed by atoms with Gasteiger partial charge in [-0.1, -0.05) is 11.6 Å². The van der Waals surface area contributed by atoms with Crippen LogP contribution in [0, 0.1) is 5.82 Å². The van der Waals surface area contributed by atoms with Gasteiger partial charge in [-0.05, 0) is 48.0 Å². The van der Waals surface area contributed by atoms with Crippen LogP contribution in [0.5, 0.6) is 17.2 Å². The molecule has 0 aliphatic rings. The van der Waals surface area contributed by atoms with Gasteiger partial charge in [-0.15, -0.1) is 0 Å². The Morgan fingerprint density at radius 3 is 2.52 bits per heavy atom. The predicted octanol–water partition coefficient (Wildman–Crippen LogP) is 4.04. The topological polar surface area (TPSA) is 65.0 Å². The maximum Gasteiger partial charge on any atom is 0.328 e. The molecule has 0 radical (unpaired) electrons. The summed E-state index contributed by atoms with van der Waals surface area (Å²) in [6.07, 6.45) is 2.40. The molecule has 0 amide bonds. The number of halogens is 2. The Balaban J connectivity index is 1.98. The van der Waals surface area contributed by atoms with Crippen LogP contribution in [-0.2, 0) is 4.79 Å². The van der Waals surface area contributed by atoms with Gasteiger partial charge >= 0.3 is 5.97 Å². The van der Waals surface area contributed by atoms with Gasteiger partial charge < -0.3 is 19.3 Å². The van der Waals surface area contributed by atoms with E-state index in [0.717, 1.165) is 6.08 Å². The number of methoxy groups -OCH3 is 1. The number of carbonyl (C=O) groups is 1. The molecule has 2 aromatic rings. The molecule has 0 saturated heterocycles. The van der Waals surface area contributed by atoms with Crippen LogP contribution in [0.2, 0.25) is 5.02 Å². The lowest BCUT2D eigenvalue weighted by Gasteiger charge is -2.14. The van der Waals surface area contributed by atoms with Crippen molar-refractivity contribution in [2.24, 2.45) is 0 Å². The van der Waals surface area contributed by atoms with Crippen molar-refractivity contribution < 1.29 is 28.5 Å². The summed E-state index contributed by atoms with van der Waals surface area (Å²) < 4.78 is 29.1. The molecule has 5 nitrogen and oxygen atoms in total. The fourth-order valence-electron chi connectivity index (χ4n) is 1.98. The van der Waals surface area contributed by atoms with Gasteiger partial charge in [0.25, 0.3) is 0 Å². The van der Waals surface area contributed by atoms with Gasteiger partial charge in [-0.25, -0.2) is 9.18 Å². The van der Waals surface area contributed by atoms with Crippen LogP contribution in [0.1, 0.15) is 5.56 Å². The highest BCUT2D eigenvalue weighted by Crippen LogP contribution is 2.36. The van der Waals surface area contributed by atoms with Gasteiger partial charge in [-0.3, -0.25) is 0 Å². The molecule has 0 bridgehead atoms. The smallest absolute Gasteiger partial charge is 0.328 e. The quantitative estimate of drug-likeness (QED) is 0.564. The number of carboxylic acid groups (broad SMARTS) is 1. The Bertz CT molecular complexity index is 759. The fourth-order valence-corrected chi connectivity index (χ4v) is 2.25. The van der Waals surface area contributed by atoms with E-state index in [1.165, 1.54) is 37.5 Å². The second-order valence-electron chi connectivity index (χ2n) is 4.86. The fraction of sp³-hybridized carbons (Fsp3) is 0.167. The lowest BCUT2D eigenvalue weighted by atomic mass is 10.2. The van der Waals surface area contributed by atoms with Crippen molar-refractivity contribution in [2.75, 3.05) is 20.3 Å². The van der Waals surface area contributed by atoms with Crippen molar-refractivity contribution >= 4 is 23.6 Å². The second kappa shape index (κ2) is 8.94. The van der Waals surface area contributed by atoms with Gasteiger partial charge in [0.05, 0.1) is 12.1 Å². The van der Waals surface area contributed by atoms with E-state index in [0.29, 0.717) is 22.8 Å². The molecule has 132 valence electrons. The second-order valence-corrected chi connectivity index (χ2v) is 5.26. The summed E-state index contributed by atoms with van der Waals surface area (Å²) in [7, 11) is 1.46. The molecule has 0 spiro atoms. The number of hydrogen-bond acceptors (Lipinski definition) is 4. The number of aliphatic carboxylic acids is 1. The molecule has 0 aliphatic heterocycles. The Morgan fingerprint density at radius 2 is 1.88 bits per heavy atom. The molecule has 0 unspecified atom stereocenters. The number of hydrogen-bond donors (Lipinski definition) is 1. The molecule has 1 N–H and O–H groups in total. The van der Waals surface area contributed by atoms with E-state index in [9.17, 15) is 9.18 Å². The highest BCUT2D eigenvalue weighted by Gasteiger charge is 2.11. The van der Waals surface area contributed by atoms with Gasteiger partial charge in [0.15, 0.2) is 11.5 Å². The Hall–Kier alpha value is -2.73. The summed E-state index contributed by atoms with van der Waals surface area (Å²) in [6.45, 7) is 0.420. The standard InChI is InChI=1S/C18H16ClFO5/c1-23-16-11-12(2-7-17(21)22)10-15(19)18(16)25-9-8-24-14-5-3-13(20)4-6-14/h2-7,10-11H,8-9H2,1H3,(H,21,22). The lowest BCUT2D eigenvalue weighted by molar-refractivity contribution is -0.131. The first kappa shape index (κ1) is 18.6. The summed E-state index contributed by atoms with van der Waals surface area (Å²) >= 11 is 6.17. The minimum Gasteiger partial charge on any atom is -0.493 e. The monoisotopic (exact) mass is 366 g/mol. The first-order chi connectivity index (χ1) is 12.0. The van der Waals surface area contributed by atoms with E-state index >= 15 is 0 Å². The number of ether oxygens (including phenoxy) is 3. The minimum atomic E-state index is -1.06. The van der Waals surface area contributed by atoms with E-state index in [1.807, 2.05) is 0 Å². The molecule has 0 heterocycles. The molecule has 7 heteroatoms. The normalized spacial score (nSPS) is 10.7. The third-order valence-electron chi connectivity index (χ3n) is 3.08. The first-order valence-corrected chi connectivity index (χ1v) is 7.67. The van der Waals surface area contributed by atoms with E-state index < -0.39 is 5.97 Å². The molecule has 25 heavy (non-hydrogen) atoms. The zero-order valence-corrected chi connectivity index (χ0v) is 14.1. The zero-order chi connectivity index (χ0) is 18.2. The first-order valence-electron chi connectivity index (χ1n) is 7.29. The summed E-state index contributed by atoms with van der Waals surface area (Å²) in [5, 5.41) is 8.95. The molecule has 0 aromatic heterocycles. The van der Waals surface area contributed by atoms with Crippen molar-refractivity contribution in [1.82, 2.24) is 0 Å². The molecule has 0 saturated carbocycles. The summed E-state index contributed by atoms with van der Waals surface area (Å²) in [4.78, 5) is 10.6. The summed E-state index contributed by atoms with van der Waals surface area (Å²) in [6, 6.07) is 8.83. The van der Waals surface area contributed by atoms with E-state index in [2.05, 4.69) is 0 Å². The Kier molecular flexibility index (Phi) is 6.65. The van der Waals surface area contributed by atoms with Crippen molar-refractivity contribution in [3.63, 3.8) is 0 Å². The predicted molar refractivity (Wildman–Crippen MR) is 92.1 cm³/mol. The summed E-state index contributed by atoms with van der Waals surface area (Å²) in [5.41, 5.74) is 0.569. The molecular weight excluding hydrogens is 351 g/mol. The molecule has 0 atom stereocenters. The molecule has 2 rings (SSSR count). The van der Waals surface area contributed by atoms with Crippen LogP contribution in [0.15, 0.2) is 42.5 Å². The van der Waals surface area contributed by atoms with Gasteiger partial charge in [-0.2, -0.15) is 0 Å². The van der Waals surface area contributed by atoms with Crippen LogP contribution in [0.4, 0.5) is 4.39 Å². The highest BCUT2D eigenvalue weighted by molar-refractivity contribution is 6.32. The molecule has 2 aromatic carbocycles. The maximum absolute atomic E-state index is 12.8. The number of carboxylic acids is 1. The van der Waals surface area contributed by atoms with Crippen molar-refractivity contribution in [3.8, 4) is 17.2 Å². The van der Waals surface area contributed by atoms with Crippen molar-refractivity contribution in [1.29, 1.82) is 0 Å². The third kappa shape index (κ3) is 5.69. The molecule has 0 aliphatic carbocycles. The maximum atomic E-state index is 12.8. The van der Waals surface area contributed by atoms with Crippen LogP contribution in [0.3, 0.4) is 0 Å². The third-order valence-corrected chi connectivity index (χ3v) is 3.36.